The van der Waals surface area contributed by atoms with Crippen molar-refractivity contribution in [3.63, 3.8) is 0 Å². The molecule has 1 aliphatic heterocycles. The summed E-state index contributed by atoms with van der Waals surface area (Å²) in [4.78, 5) is 32.1. The van der Waals surface area contributed by atoms with Crippen molar-refractivity contribution in [1.82, 2.24) is 10.3 Å². The van der Waals surface area contributed by atoms with Crippen LogP contribution in [0.4, 0.5) is 17.2 Å². The molecule has 2 N–H and O–H groups in total. The normalized spacial score (nSPS) is 18.5. The summed E-state index contributed by atoms with van der Waals surface area (Å²) in [5.41, 5.74) is 0.482. The van der Waals surface area contributed by atoms with Gasteiger partial charge in [-0.3, -0.25) is 14.5 Å². The van der Waals surface area contributed by atoms with E-state index in [4.69, 9.17) is 16.3 Å². The monoisotopic (exact) mass is 450 g/mol. The number of carbonyl (C=O) groups is 2. The standard InChI is InChI=1S/C24H23ClN4O3/c1-15(26-3)21(30)27-20-14-13-19-22(28-20)32-24(2,16-7-5-4-6-8-16)23(31)29(19)18-11-9-17(25)10-12-18/h4-15,26H,1-3H3,(H,27,28,30). The average Bonchev–Trinajstić information content (AvgIpc) is 2.81. The van der Waals surface area contributed by atoms with Gasteiger partial charge in [0.25, 0.3) is 5.91 Å². The highest BCUT2D eigenvalue weighted by Gasteiger charge is 2.47. The van der Waals surface area contributed by atoms with Crippen molar-refractivity contribution in [3.05, 3.63) is 77.3 Å². The Labute approximate surface area is 191 Å². The molecular formula is C24H23ClN4O3. The second-order valence-corrected chi connectivity index (χ2v) is 8.08. The van der Waals surface area contributed by atoms with Gasteiger partial charge in [-0.2, -0.15) is 4.98 Å². The smallest absolute Gasteiger partial charge is 0.280 e. The van der Waals surface area contributed by atoms with Crippen molar-refractivity contribution in [1.29, 1.82) is 0 Å². The van der Waals surface area contributed by atoms with E-state index >= 15 is 0 Å². The average molecular weight is 451 g/mol. The number of benzene rings is 2. The minimum absolute atomic E-state index is 0.229. The minimum Gasteiger partial charge on any atom is -0.455 e. The molecule has 164 valence electrons. The van der Waals surface area contributed by atoms with Gasteiger partial charge in [-0.05, 0) is 57.3 Å². The third-order valence-corrected chi connectivity index (χ3v) is 5.73. The predicted molar refractivity (Wildman–Crippen MR) is 124 cm³/mol. The number of hydrogen-bond acceptors (Lipinski definition) is 5. The molecule has 0 bridgehead atoms. The van der Waals surface area contributed by atoms with E-state index in [1.165, 1.54) is 0 Å². The molecule has 0 spiro atoms. The van der Waals surface area contributed by atoms with Gasteiger partial charge in [-0.1, -0.05) is 41.9 Å². The first-order valence-corrected chi connectivity index (χ1v) is 10.5. The summed E-state index contributed by atoms with van der Waals surface area (Å²) in [7, 11) is 1.70. The second kappa shape index (κ2) is 8.61. The molecule has 0 radical (unpaired) electrons. The number of anilines is 3. The van der Waals surface area contributed by atoms with Crippen molar-refractivity contribution in [2.75, 3.05) is 17.3 Å². The van der Waals surface area contributed by atoms with E-state index in [1.54, 1.807) is 62.2 Å². The van der Waals surface area contributed by atoms with E-state index in [0.717, 1.165) is 0 Å². The SMILES string of the molecule is CNC(C)C(=O)Nc1ccc2c(n1)OC(C)(c1ccccc1)C(=O)N2c1ccc(Cl)cc1. The fourth-order valence-corrected chi connectivity index (χ4v) is 3.58. The molecule has 8 heteroatoms. The van der Waals surface area contributed by atoms with Crippen LogP contribution in [-0.2, 0) is 15.2 Å². The quantitative estimate of drug-likeness (QED) is 0.607. The molecular weight excluding hydrogens is 428 g/mol. The highest BCUT2D eigenvalue weighted by molar-refractivity contribution is 6.30. The number of carbonyl (C=O) groups excluding carboxylic acids is 2. The van der Waals surface area contributed by atoms with Crippen LogP contribution in [0, 0.1) is 0 Å². The summed E-state index contributed by atoms with van der Waals surface area (Å²) in [6.45, 7) is 3.46. The van der Waals surface area contributed by atoms with Gasteiger partial charge in [0, 0.05) is 16.3 Å². The van der Waals surface area contributed by atoms with Crippen LogP contribution in [0.2, 0.25) is 5.02 Å². The van der Waals surface area contributed by atoms with Crippen LogP contribution in [0.5, 0.6) is 5.88 Å². The third kappa shape index (κ3) is 3.92. The van der Waals surface area contributed by atoms with E-state index in [9.17, 15) is 9.59 Å². The van der Waals surface area contributed by atoms with Crippen LogP contribution in [0.25, 0.3) is 0 Å². The zero-order chi connectivity index (χ0) is 22.9. The van der Waals surface area contributed by atoms with Crippen LogP contribution in [0.1, 0.15) is 19.4 Å². The maximum Gasteiger partial charge on any atom is 0.280 e. The summed E-state index contributed by atoms with van der Waals surface area (Å²) in [5, 5.41) is 6.22. The van der Waals surface area contributed by atoms with E-state index in [2.05, 4.69) is 15.6 Å². The Morgan fingerprint density at radius 3 is 2.44 bits per heavy atom. The van der Waals surface area contributed by atoms with Gasteiger partial charge < -0.3 is 15.4 Å². The van der Waals surface area contributed by atoms with E-state index in [-0.39, 0.29) is 17.7 Å². The van der Waals surface area contributed by atoms with Crippen LogP contribution in [-0.4, -0.2) is 29.9 Å². The molecule has 0 fully saturated rings. The molecule has 4 rings (SSSR count). The Morgan fingerprint density at radius 2 is 1.78 bits per heavy atom. The molecule has 0 saturated carbocycles. The number of halogens is 1. The van der Waals surface area contributed by atoms with Gasteiger partial charge in [0.15, 0.2) is 0 Å². The fraction of sp³-hybridized carbons (Fsp3) is 0.208. The Hall–Kier alpha value is -3.42. The lowest BCUT2D eigenvalue weighted by molar-refractivity contribution is -0.134. The summed E-state index contributed by atoms with van der Waals surface area (Å²) in [6.07, 6.45) is 0. The predicted octanol–water partition coefficient (Wildman–Crippen LogP) is 4.25. The molecule has 32 heavy (non-hydrogen) atoms. The van der Waals surface area contributed by atoms with Crippen molar-refractivity contribution >= 4 is 40.6 Å². The maximum atomic E-state index is 13.7. The van der Waals surface area contributed by atoms with E-state index < -0.39 is 11.6 Å². The van der Waals surface area contributed by atoms with Crippen LogP contribution in [0.3, 0.4) is 0 Å². The summed E-state index contributed by atoms with van der Waals surface area (Å²) in [5.74, 6) is 0.0746. The lowest BCUT2D eigenvalue weighted by Crippen LogP contribution is -2.50. The molecule has 3 aromatic rings. The largest absolute Gasteiger partial charge is 0.455 e. The number of nitrogens with zero attached hydrogens (tertiary/aromatic N) is 2. The van der Waals surface area contributed by atoms with Gasteiger partial charge in [-0.15, -0.1) is 0 Å². The van der Waals surface area contributed by atoms with Gasteiger partial charge in [0.2, 0.25) is 17.4 Å². The van der Waals surface area contributed by atoms with Gasteiger partial charge in [0.05, 0.1) is 6.04 Å². The number of ether oxygens (including phenoxy) is 1. The van der Waals surface area contributed by atoms with Crippen molar-refractivity contribution in [3.8, 4) is 5.88 Å². The molecule has 7 nitrogen and oxygen atoms in total. The molecule has 2 unspecified atom stereocenters. The molecule has 1 aliphatic rings. The lowest BCUT2D eigenvalue weighted by atomic mass is 9.92. The topological polar surface area (TPSA) is 83.6 Å². The van der Waals surface area contributed by atoms with Gasteiger partial charge >= 0.3 is 0 Å². The zero-order valence-corrected chi connectivity index (χ0v) is 18.7. The summed E-state index contributed by atoms with van der Waals surface area (Å²) < 4.78 is 6.21. The minimum atomic E-state index is -1.32. The first kappa shape index (κ1) is 21.8. The Balaban J connectivity index is 1.82. The Morgan fingerprint density at radius 1 is 1.09 bits per heavy atom. The van der Waals surface area contributed by atoms with E-state index in [1.807, 2.05) is 30.3 Å². The number of nitrogens with one attached hydrogen (secondary N) is 2. The number of pyridine rings is 1. The van der Waals surface area contributed by atoms with Crippen LogP contribution in [0.15, 0.2) is 66.7 Å². The Bertz CT molecular complexity index is 1150. The Kier molecular flexibility index (Phi) is 5.86. The molecule has 0 aliphatic carbocycles. The first-order chi connectivity index (χ1) is 15.3. The number of amides is 2. The third-order valence-electron chi connectivity index (χ3n) is 5.48. The summed E-state index contributed by atoms with van der Waals surface area (Å²) >= 11 is 6.06. The van der Waals surface area contributed by atoms with Crippen LogP contribution < -0.4 is 20.3 Å². The highest BCUT2D eigenvalue weighted by atomic mass is 35.5. The first-order valence-electron chi connectivity index (χ1n) is 10.2. The molecule has 1 aromatic heterocycles. The number of likely N-dealkylation sites (N-methyl/N-ethyl adjacent to an activating group) is 1. The summed E-state index contributed by atoms with van der Waals surface area (Å²) in [6, 6.07) is 19.2. The van der Waals surface area contributed by atoms with Crippen molar-refractivity contribution < 1.29 is 14.3 Å². The number of aromatic nitrogens is 1. The molecule has 2 aromatic carbocycles. The lowest BCUT2D eigenvalue weighted by Gasteiger charge is -2.40. The molecule has 2 amide bonds. The molecule has 2 atom stereocenters. The maximum absolute atomic E-state index is 13.7. The van der Waals surface area contributed by atoms with E-state index in [0.29, 0.717) is 27.8 Å². The van der Waals surface area contributed by atoms with Gasteiger partial charge in [-0.25, -0.2) is 0 Å². The van der Waals surface area contributed by atoms with Crippen molar-refractivity contribution in [2.45, 2.75) is 25.5 Å². The number of rotatable bonds is 5. The fourth-order valence-electron chi connectivity index (χ4n) is 3.46. The highest BCUT2D eigenvalue weighted by Crippen LogP contribution is 2.45. The second-order valence-electron chi connectivity index (χ2n) is 7.64. The van der Waals surface area contributed by atoms with Gasteiger partial charge in [0.1, 0.15) is 11.5 Å². The number of hydrogen-bond donors (Lipinski definition) is 2. The molecule has 2 heterocycles. The zero-order valence-electron chi connectivity index (χ0n) is 17.9. The van der Waals surface area contributed by atoms with Crippen LogP contribution >= 0.6 is 11.6 Å². The number of fused-ring (bicyclic) bond motifs is 1. The molecule has 0 saturated heterocycles. The van der Waals surface area contributed by atoms with Crippen molar-refractivity contribution in [2.24, 2.45) is 0 Å².